The maximum absolute atomic E-state index is 13.4. The second-order valence-electron chi connectivity index (χ2n) is 7.04. The number of allylic oxidation sites excluding steroid dienone is 2. The van der Waals surface area contributed by atoms with Crippen LogP contribution in [0.15, 0.2) is 75.5 Å². The number of thioether (sulfide) groups is 1. The first-order valence-electron chi connectivity index (χ1n) is 9.89. The maximum atomic E-state index is 13.4. The first-order valence-corrected chi connectivity index (χ1v) is 11.1. The molecule has 9 heteroatoms. The third-order valence-electron chi connectivity index (χ3n) is 5.03. The number of nitrogens with zero attached hydrogens (tertiary/aromatic N) is 3. The molecule has 0 radical (unpaired) electrons. The van der Waals surface area contributed by atoms with Crippen molar-refractivity contribution in [1.82, 2.24) is 4.90 Å². The molecule has 162 valence electrons. The number of amides is 1. The Morgan fingerprint density at radius 1 is 1.34 bits per heavy atom. The Labute approximate surface area is 195 Å². The molecule has 4 rings (SSSR count). The van der Waals surface area contributed by atoms with Gasteiger partial charge in [0, 0.05) is 5.69 Å². The molecule has 0 aromatic heterocycles. The van der Waals surface area contributed by atoms with Crippen LogP contribution in [0.3, 0.4) is 0 Å². The second kappa shape index (κ2) is 8.99. The number of aliphatic imine (C=N–C) groups is 1. The number of carbonyl (C=O) groups is 1. The van der Waals surface area contributed by atoms with E-state index in [1.54, 1.807) is 24.0 Å². The van der Waals surface area contributed by atoms with Crippen LogP contribution in [-0.4, -0.2) is 22.6 Å². The number of hydrogen-bond donors (Lipinski definition) is 2. The summed E-state index contributed by atoms with van der Waals surface area (Å²) in [4.78, 5) is 20.0. The molecule has 2 aliphatic rings. The van der Waals surface area contributed by atoms with Crippen LogP contribution in [-0.2, 0) is 4.79 Å². The molecule has 2 heterocycles. The minimum atomic E-state index is -0.613. The smallest absolute Gasteiger partial charge is 0.255 e. The standard InChI is InChI=1S/C23H20ClN5O2S/c1-3-31-17-10-9-14(11-16(17)24)20-19(22(30)28-15-7-5-4-6-8-15)13(2)27-23-29(20)21(26)18(12-25)32-23/h4-11,20H,3,26H2,1-2H3,(H,28,30)/t20-/m0/s1. The molecule has 0 bridgehead atoms. The molecule has 3 N–H and O–H groups in total. The zero-order chi connectivity index (χ0) is 22.8. The Morgan fingerprint density at radius 2 is 2.09 bits per heavy atom. The summed E-state index contributed by atoms with van der Waals surface area (Å²) in [6.07, 6.45) is 0. The fraction of sp³-hybridized carbons (Fsp3) is 0.174. The van der Waals surface area contributed by atoms with Gasteiger partial charge in [-0.25, -0.2) is 4.99 Å². The number of fused-ring (bicyclic) bond motifs is 1. The van der Waals surface area contributed by atoms with Gasteiger partial charge in [0.2, 0.25) is 0 Å². The number of nitrogens with two attached hydrogens (primary N) is 1. The van der Waals surface area contributed by atoms with Crippen LogP contribution >= 0.6 is 23.4 Å². The molecular weight excluding hydrogens is 446 g/mol. The number of rotatable bonds is 5. The predicted molar refractivity (Wildman–Crippen MR) is 127 cm³/mol. The minimum absolute atomic E-state index is 0.253. The highest BCUT2D eigenvalue weighted by Gasteiger charge is 2.42. The van der Waals surface area contributed by atoms with Gasteiger partial charge in [0.15, 0.2) is 5.17 Å². The lowest BCUT2D eigenvalue weighted by Crippen LogP contribution is -2.39. The van der Waals surface area contributed by atoms with Crippen molar-refractivity contribution in [3.63, 3.8) is 0 Å². The summed E-state index contributed by atoms with van der Waals surface area (Å²) in [6, 6.07) is 16.0. The van der Waals surface area contributed by atoms with Crippen LogP contribution in [0.2, 0.25) is 5.02 Å². The van der Waals surface area contributed by atoms with Crippen LogP contribution in [0, 0.1) is 11.3 Å². The highest BCUT2D eigenvalue weighted by atomic mass is 35.5. The van der Waals surface area contributed by atoms with Crippen LogP contribution in [0.5, 0.6) is 5.75 Å². The number of carbonyl (C=O) groups excluding carboxylic acids is 1. The Hall–Kier alpha value is -3.41. The van der Waals surface area contributed by atoms with Gasteiger partial charge in [-0.3, -0.25) is 9.69 Å². The van der Waals surface area contributed by atoms with Crippen molar-refractivity contribution in [2.75, 3.05) is 11.9 Å². The molecule has 2 aliphatic heterocycles. The number of hydrogen-bond acceptors (Lipinski definition) is 7. The summed E-state index contributed by atoms with van der Waals surface area (Å²) in [5.41, 5.74) is 8.66. The van der Waals surface area contributed by atoms with E-state index >= 15 is 0 Å². The van der Waals surface area contributed by atoms with E-state index in [0.717, 1.165) is 5.56 Å². The summed E-state index contributed by atoms with van der Waals surface area (Å²) >= 11 is 7.65. The van der Waals surface area contributed by atoms with Crippen molar-refractivity contribution in [3.8, 4) is 11.8 Å². The molecule has 0 unspecified atom stereocenters. The Morgan fingerprint density at radius 3 is 2.75 bits per heavy atom. The molecule has 32 heavy (non-hydrogen) atoms. The Balaban J connectivity index is 1.82. The SMILES string of the molecule is CCOc1ccc([C@H]2C(C(=O)Nc3ccccc3)=C(C)N=C3SC(C#N)=C(N)N32)cc1Cl. The third-order valence-corrected chi connectivity index (χ3v) is 6.30. The Bertz CT molecular complexity index is 1220. The van der Waals surface area contributed by atoms with Crippen molar-refractivity contribution < 1.29 is 9.53 Å². The zero-order valence-electron chi connectivity index (χ0n) is 17.4. The fourth-order valence-electron chi connectivity index (χ4n) is 3.63. The van der Waals surface area contributed by atoms with Crippen LogP contribution in [0.25, 0.3) is 0 Å². The van der Waals surface area contributed by atoms with Gasteiger partial charge >= 0.3 is 0 Å². The van der Waals surface area contributed by atoms with E-state index in [1.807, 2.05) is 43.3 Å². The van der Waals surface area contributed by atoms with Crippen LogP contribution in [0.4, 0.5) is 5.69 Å². The quantitative estimate of drug-likeness (QED) is 0.659. The Kier molecular flexibility index (Phi) is 6.12. The largest absolute Gasteiger partial charge is 0.492 e. The summed E-state index contributed by atoms with van der Waals surface area (Å²) in [6.45, 7) is 4.13. The summed E-state index contributed by atoms with van der Waals surface area (Å²) in [7, 11) is 0. The number of ether oxygens (including phenoxy) is 1. The topological polar surface area (TPSA) is 104 Å². The number of halogens is 1. The van der Waals surface area contributed by atoms with E-state index in [0.29, 0.717) is 44.4 Å². The fourth-order valence-corrected chi connectivity index (χ4v) is 4.79. The molecule has 0 saturated heterocycles. The van der Waals surface area contributed by atoms with E-state index in [9.17, 15) is 10.1 Å². The van der Waals surface area contributed by atoms with E-state index < -0.39 is 6.04 Å². The number of nitriles is 1. The van der Waals surface area contributed by atoms with E-state index in [1.165, 1.54) is 11.8 Å². The lowest BCUT2D eigenvalue weighted by Gasteiger charge is -2.35. The molecule has 2 aromatic carbocycles. The van der Waals surface area contributed by atoms with Gasteiger partial charge in [0.25, 0.3) is 5.91 Å². The average molecular weight is 466 g/mol. The highest BCUT2D eigenvalue weighted by Crippen LogP contribution is 2.46. The van der Waals surface area contributed by atoms with Gasteiger partial charge in [-0.15, -0.1) is 0 Å². The van der Waals surface area contributed by atoms with Gasteiger partial charge in [-0.05, 0) is 55.4 Å². The monoisotopic (exact) mass is 465 g/mol. The maximum Gasteiger partial charge on any atom is 0.255 e. The van der Waals surface area contributed by atoms with Crippen LogP contribution in [0.1, 0.15) is 25.5 Å². The molecule has 0 spiro atoms. The number of nitrogens with one attached hydrogen (secondary N) is 1. The van der Waals surface area contributed by atoms with Crippen LogP contribution < -0.4 is 15.8 Å². The van der Waals surface area contributed by atoms with Gasteiger partial charge in [0.1, 0.15) is 22.5 Å². The van der Waals surface area contributed by atoms with Crippen molar-refractivity contribution in [2.45, 2.75) is 19.9 Å². The molecular formula is C23H20ClN5O2S. The molecule has 7 nitrogen and oxygen atoms in total. The molecule has 0 aliphatic carbocycles. The van der Waals surface area contributed by atoms with E-state index in [4.69, 9.17) is 22.1 Å². The molecule has 1 atom stereocenters. The van der Waals surface area contributed by atoms with Crippen molar-refractivity contribution in [2.24, 2.45) is 10.7 Å². The van der Waals surface area contributed by atoms with Gasteiger partial charge < -0.3 is 15.8 Å². The van der Waals surface area contributed by atoms with Crippen molar-refractivity contribution >= 4 is 40.1 Å². The normalized spacial score (nSPS) is 17.6. The van der Waals surface area contributed by atoms with Gasteiger partial charge in [-0.2, -0.15) is 5.26 Å². The van der Waals surface area contributed by atoms with Gasteiger partial charge in [0.05, 0.1) is 28.9 Å². The highest BCUT2D eigenvalue weighted by molar-refractivity contribution is 8.17. The summed E-state index contributed by atoms with van der Waals surface area (Å²) in [5, 5.41) is 13.4. The van der Waals surface area contributed by atoms with Crippen molar-refractivity contribution in [3.05, 3.63) is 81.1 Å². The first kappa shape index (κ1) is 21.8. The third kappa shape index (κ3) is 3.93. The summed E-state index contributed by atoms with van der Waals surface area (Å²) in [5.74, 6) is 0.495. The number of benzene rings is 2. The molecule has 2 aromatic rings. The number of amidine groups is 1. The molecule has 1 amide bonds. The number of para-hydroxylation sites is 1. The minimum Gasteiger partial charge on any atom is -0.492 e. The van der Waals surface area contributed by atoms with E-state index in [2.05, 4.69) is 16.4 Å². The lowest BCUT2D eigenvalue weighted by molar-refractivity contribution is -0.113. The average Bonchev–Trinajstić information content (AvgIpc) is 3.10. The number of anilines is 1. The zero-order valence-corrected chi connectivity index (χ0v) is 19.0. The molecule has 0 saturated carbocycles. The molecule has 0 fully saturated rings. The first-order chi connectivity index (χ1) is 15.4. The summed E-state index contributed by atoms with van der Waals surface area (Å²) < 4.78 is 5.55. The van der Waals surface area contributed by atoms with Gasteiger partial charge in [-0.1, -0.05) is 35.9 Å². The second-order valence-corrected chi connectivity index (χ2v) is 8.42. The van der Waals surface area contributed by atoms with Crippen molar-refractivity contribution in [1.29, 1.82) is 5.26 Å². The van der Waals surface area contributed by atoms with E-state index in [-0.39, 0.29) is 11.7 Å². The lowest BCUT2D eigenvalue weighted by atomic mass is 9.93. The predicted octanol–water partition coefficient (Wildman–Crippen LogP) is 4.76.